The van der Waals surface area contributed by atoms with E-state index in [1.165, 1.54) is 24.8 Å². The normalized spacial score (nSPS) is 13.3. The molecule has 0 aromatic heterocycles. The Balaban J connectivity index is 2.34. The summed E-state index contributed by atoms with van der Waals surface area (Å²) in [4.78, 5) is 24.4. The van der Waals surface area contributed by atoms with Crippen LogP contribution in [-0.2, 0) is 9.59 Å². The summed E-state index contributed by atoms with van der Waals surface area (Å²) in [6, 6.07) is 7.96. The zero-order valence-corrected chi connectivity index (χ0v) is 17.8. The molecular weight excluding hydrogens is 336 g/mol. The van der Waals surface area contributed by atoms with Gasteiger partial charge >= 0.3 is 0 Å². The number of nitrogens with one attached hydrogen (secondary N) is 2. The van der Waals surface area contributed by atoms with Crippen molar-refractivity contribution in [3.05, 3.63) is 29.8 Å². The SMILES string of the molecule is CCCC[C@@H](CC)CNC(=O)C[C@H](C)CC(=O)Nc1ccc(C(C)C)cc1. The molecule has 27 heavy (non-hydrogen) atoms. The van der Waals surface area contributed by atoms with Gasteiger partial charge in [0.1, 0.15) is 0 Å². The van der Waals surface area contributed by atoms with Gasteiger partial charge < -0.3 is 10.6 Å². The number of rotatable bonds is 12. The van der Waals surface area contributed by atoms with Gasteiger partial charge in [-0.3, -0.25) is 9.59 Å². The molecule has 152 valence electrons. The van der Waals surface area contributed by atoms with Gasteiger partial charge in [0.2, 0.25) is 11.8 Å². The molecule has 4 nitrogen and oxygen atoms in total. The number of carbonyl (C=O) groups excluding carboxylic acids is 2. The first-order chi connectivity index (χ1) is 12.8. The van der Waals surface area contributed by atoms with E-state index in [2.05, 4.69) is 38.3 Å². The van der Waals surface area contributed by atoms with Crippen molar-refractivity contribution in [1.29, 1.82) is 0 Å². The second kappa shape index (κ2) is 12.5. The lowest BCUT2D eigenvalue weighted by molar-refractivity contribution is -0.122. The Labute approximate surface area is 165 Å². The Bertz CT molecular complexity index is 566. The zero-order valence-electron chi connectivity index (χ0n) is 17.8. The van der Waals surface area contributed by atoms with Crippen molar-refractivity contribution in [2.24, 2.45) is 11.8 Å². The molecule has 0 saturated heterocycles. The predicted molar refractivity (Wildman–Crippen MR) is 114 cm³/mol. The lowest BCUT2D eigenvalue weighted by Gasteiger charge is -2.17. The van der Waals surface area contributed by atoms with E-state index in [0.29, 0.717) is 24.7 Å². The quantitative estimate of drug-likeness (QED) is 0.508. The van der Waals surface area contributed by atoms with Crippen molar-refractivity contribution >= 4 is 17.5 Å². The van der Waals surface area contributed by atoms with E-state index in [9.17, 15) is 9.59 Å². The molecule has 0 aliphatic carbocycles. The minimum atomic E-state index is -0.0398. The highest BCUT2D eigenvalue weighted by atomic mass is 16.2. The third-order valence-electron chi connectivity index (χ3n) is 5.06. The number of anilines is 1. The summed E-state index contributed by atoms with van der Waals surface area (Å²) in [5.74, 6) is 1.06. The van der Waals surface area contributed by atoms with E-state index in [1.807, 2.05) is 31.2 Å². The molecule has 0 bridgehead atoms. The number of benzene rings is 1. The maximum atomic E-state index is 12.2. The molecule has 0 heterocycles. The van der Waals surface area contributed by atoms with Gasteiger partial charge in [-0.1, -0.05) is 66.0 Å². The van der Waals surface area contributed by atoms with E-state index in [4.69, 9.17) is 0 Å². The average molecular weight is 375 g/mol. The fourth-order valence-corrected chi connectivity index (χ4v) is 3.14. The third kappa shape index (κ3) is 9.60. The van der Waals surface area contributed by atoms with Crippen LogP contribution in [0.2, 0.25) is 0 Å². The minimum Gasteiger partial charge on any atom is -0.356 e. The van der Waals surface area contributed by atoms with Crippen LogP contribution in [0.3, 0.4) is 0 Å². The van der Waals surface area contributed by atoms with E-state index in [0.717, 1.165) is 18.7 Å². The van der Waals surface area contributed by atoms with Crippen LogP contribution in [0.15, 0.2) is 24.3 Å². The van der Waals surface area contributed by atoms with Crippen LogP contribution >= 0.6 is 0 Å². The van der Waals surface area contributed by atoms with Gasteiger partial charge in [0.05, 0.1) is 0 Å². The maximum absolute atomic E-state index is 12.2. The van der Waals surface area contributed by atoms with Crippen LogP contribution in [0.5, 0.6) is 0 Å². The molecular formula is C23H38N2O2. The summed E-state index contributed by atoms with van der Waals surface area (Å²) in [7, 11) is 0. The highest BCUT2D eigenvalue weighted by molar-refractivity contribution is 5.91. The summed E-state index contributed by atoms with van der Waals surface area (Å²) in [6.45, 7) is 11.4. The summed E-state index contributed by atoms with van der Waals surface area (Å²) in [5.41, 5.74) is 2.06. The van der Waals surface area contributed by atoms with Gasteiger partial charge in [-0.15, -0.1) is 0 Å². The molecule has 2 atom stereocenters. The van der Waals surface area contributed by atoms with Crippen LogP contribution in [-0.4, -0.2) is 18.4 Å². The molecule has 2 amide bonds. The smallest absolute Gasteiger partial charge is 0.224 e. The molecule has 0 spiro atoms. The Morgan fingerprint density at radius 2 is 1.59 bits per heavy atom. The standard InChI is InChI=1S/C23H38N2O2/c1-6-8-9-19(7-2)16-24-22(26)14-18(5)15-23(27)25-21-12-10-20(11-13-21)17(3)4/h10-13,17-19H,6-9,14-16H2,1-5H3,(H,24,26)(H,25,27)/t18-,19+/m0/s1. The summed E-state index contributed by atoms with van der Waals surface area (Å²) < 4.78 is 0. The summed E-state index contributed by atoms with van der Waals surface area (Å²) >= 11 is 0. The zero-order chi connectivity index (χ0) is 20.2. The highest BCUT2D eigenvalue weighted by Gasteiger charge is 2.15. The van der Waals surface area contributed by atoms with Crippen LogP contribution in [0.1, 0.15) is 84.6 Å². The van der Waals surface area contributed by atoms with Crippen molar-refractivity contribution in [3.8, 4) is 0 Å². The number of hydrogen-bond donors (Lipinski definition) is 2. The second-order valence-electron chi connectivity index (χ2n) is 8.06. The highest BCUT2D eigenvalue weighted by Crippen LogP contribution is 2.18. The van der Waals surface area contributed by atoms with Gasteiger partial charge in [-0.05, 0) is 41.9 Å². The Morgan fingerprint density at radius 3 is 2.15 bits per heavy atom. The van der Waals surface area contributed by atoms with E-state index < -0.39 is 0 Å². The van der Waals surface area contributed by atoms with Crippen molar-refractivity contribution < 1.29 is 9.59 Å². The summed E-state index contributed by atoms with van der Waals surface area (Å²) in [6.07, 6.45) is 5.41. The lowest BCUT2D eigenvalue weighted by Crippen LogP contribution is -2.30. The topological polar surface area (TPSA) is 58.2 Å². The van der Waals surface area contributed by atoms with E-state index in [-0.39, 0.29) is 17.7 Å². The van der Waals surface area contributed by atoms with Gasteiger partial charge in [0.15, 0.2) is 0 Å². The second-order valence-corrected chi connectivity index (χ2v) is 8.06. The van der Waals surface area contributed by atoms with E-state index >= 15 is 0 Å². The van der Waals surface area contributed by atoms with Crippen molar-refractivity contribution in [1.82, 2.24) is 5.32 Å². The van der Waals surface area contributed by atoms with Crippen LogP contribution in [0, 0.1) is 11.8 Å². The van der Waals surface area contributed by atoms with Gasteiger partial charge in [-0.25, -0.2) is 0 Å². The number of amides is 2. The van der Waals surface area contributed by atoms with Crippen molar-refractivity contribution in [2.45, 2.75) is 79.1 Å². The molecule has 1 aromatic rings. The maximum Gasteiger partial charge on any atom is 0.224 e. The Morgan fingerprint density at radius 1 is 0.963 bits per heavy atom. The first-order valence-electron chi connectivity index (χ1n) is 10.5. The molecule has 2 N–H and O–H groups in total. The number of unbranched alkanes of at least 4 members (excludes halogenated alkanes) is 1. The number of carbonyl (C=O) groups is 2. The molecule has 0 fully saturated rings. The first-order valence-corrected chi connectivity index (χ1v) is 10.5. The Hall–Kier alpha value is -1.84. The summed E-state index contributed by atoms with van der Waals surface area (Å²) in [5, 5.41) is 5.97. The fraction of sp³-hybridized carbons (Fsp3) is 0.652. The average Bonchev–Trinajstić information content (AvgIpc) is 2.62. The van der Waals surface area contributed by atoms with Gasteiger partial charge in [-0.2, -0.15) is 0 Å². The van der Waals surface area contributed by atoms with Gasteiger partial charge in [0, 0.05) is 25.1 Å². The molecule has 1 aromatic carbocycles. The molecule has 0 aliphatic rings. The molecule has 0 radical (unpaired) electrons. The molecule has 1 rings (SSSR count). The van der Waals surface area contributed by atoms with Crippen LogP contribution in [0.4, 0.5) is 5.69 Å². The van der Waals surface area contributed by atoms with Crippen molar-refractivity contribution in [2.75, 3.05) is 11.9 Å². The van der Waals surface area contributed by atoms with Gasteiger partial charge in [0.25, 0.3) is 0 Å². The van der Waals surface area contributed by atoms with Crippen LogP contribution in [0.25, 0.3) is 0 Å². The Kier molecular flexibility index (Phi) is 10.8. The predicted octanol–water partition coefficient (Wildman–Crippen LogP) is 5.50. The van der Waals surface area contributed by atoms with Crippen molar-refractivity contribution in [3.63, 3.8) is 0 Å². The largest absolute Gasteiger partial charge is 0.356 e. The third-order valence-corrected chi connectivity index (χ3v) is 5.06. The first kappa shape index (κ1) is 23.2. The fourth-order valence-electron chi connectivity index (χ4n) is 3.14. The molecule has 4 heteroatoms. The monoisotopic (exact) mass is 374 g/mol. The molecule has 0 saturated carbocycles. The lowest BCUT2D eigenvalue weighted by atomic mass is 9.98. The number of hydrogen-bond acceptors (Lipinski definition) is 2. The molecule has 0 aliphatic heterocycles. The van der Waals surface area contributed by atoms with E-state index in [1.54, 1.807) is 0 Å². The minimum absolute atomic E-state index is 0.0238. The molecule has 0 unspecified atom stereocenters. The van der Waals surface area contributed by atoms with Crippen LogP contribution < -0.4 is 10.6 Å².